The minimum absolute atomic E-state index is 0.171. The van der Waals surface area contributed by atoms with Crippen molar-refractivity contribution in [3.8, 4) is 0 Å². The molecule has 0 spiro atoms. The van der Waals surface area contributed by atoms with Gasteiger partial charge in [-0.1, -0.05) is 0 Å². The second-order valence-corrected chi connectivity index (χ2v) is 6.23. The lowest BCUT2D eigenvalue weighted by Crippen LogP contribution is -2.32. The van der Waals surface area contributed by atoms with Gasteiger partial charge in [-0.05, 0) is 49.7 Å². The van der Waals surface area contributed by atoms with Crippen LogP contribution in [0.15, 0.2) is 18.2 Å². The summed E-state index contributed by atoms with van der Waals surface area (Å²) in [7, 11) is 0. The van der Waals surface area contributed by atoms with E-state index >= 15 is 0 Å². The number of nitrogens with two attached hydrogens (primary N) is 1. The number of nitro groups is 1. The Bertz CT molecular complexity index is 532. The Morgan fingerprint density at radius 1 is 1.30 bits per heavy atom. The molecule has 2 fully saturated rings. The van der Waals surface area contributed by atoms with Crippen LogP contribution in [0.2, 0.25) is 0 Å². The highest BCUT2D eigenvalue weighted by molar-refractivity contribution is 5.58. The molecule has 3 atom stereocenters. The molecule has 0 radical (unpaired) electrons. The first-order valence-electron chi connectivity index (χ1n) is 7.30. The smallest absolute Gasteiger partial charge is 0.269 e. The van der Waals surface area contributed by atoms with E-state index in [0.717, 1.165) is 43.1 Å². The largest absolute Gasteiger partial charge is 0.371 e. The zero-order valence-corrected chi connectivity index (χ0v) is 11.8. The first-order valence-corrected chi connectivity index (χ1v) is 7.30. The average Bonchev–Trinajstić information content (AvgIpc) is 2.80. The molecule has 20 heavy (non-hydrogen) atoms. The molecule has 2 N–H and O–H groups in total. The van der Waals surface area contributed by atoms with Crippen molar-refractivity contribution in [2.75, 3.05) is 18.0 Å². The second-order valence-electron chi connectivity index (χ2n) is 6.23. The molecular weight excluding hydrogens is 254 g/mol. The van der Waals surface area contributed by atoms with Crippen molar-refractivity contribution >= 4 is 11.4 Å². The monoisotopic (exact) mass is 275 g/mol. The van der Waals surface area contributed by atoms with E-state index in [1.165, 1.54) is 6.42 Å². The van der Waals surface area contributed by atoms with E-state index in [4.69, 9.17) is 5.73 Å². The van der Waals surface area contributed by atoms with Gasteiger partial charge in [-0.3, -0.25) is 10.1 Å². The van der Waals surface area contributed by atoms with Crippen LogP contribution in [0.3, 0.4) is 0 Å². The van der Waals surface area contributed by atoms with Gasteiger partial charge >= 0.3 is 0 Å². The number of aryl methyl sites for hydroxylation is 1. The van der Waals surface area contributed by atoms with Crippen molar-refractivity contribution in [1.29, 1.82) is 0 Å². The highest BCUT2D eigenvalue weighted by atomic mass is 16.6. The van der Waals surface area contributed by atoms with Crippen LogP contribution in [0, 0.1) is 28.9 Å². The summed E-state index contributed by atoms with van der Waals surface area (Å²) in [4.78, 5) is 12.9. The molecule has 1 saturated carbocycles. The summed E-state index contributed by atoms with van der Waals surface area (Å²) in [5.41, 5.74) is 8.36. The van der Waals surface area contributed by atoms with Gasteiger partial charge in [0.2, 0.25) is 0 Å². The maximum atomic E-state index is 10.8. The van der Waals surface area contributed by atoms with E-state index in [9.17, 15) is 10.1 Å². The summed E-state index contributed by atoms with van der Waals surface area (Å²) < 4.78 is 0. The number of hydrogen-bond donors (Lipinski definition) is 1. The molecule has 1 saturated heterocycles. The van der Waals surface area contributed by atoms with Crippen LogP contribution in [-0.4, -0.2) is 24.1 Å². The van der Waals surface area contributed by atoms with Crippen molar-refractivity contribution in [2.45, 2.75) is 32.2 Å². The van der Waals surface area contributed by atoms with Gasteiger partial charge in [0.25, 0.3) is 5.69 Å². The molecule has 2 aliphatic rings. The molecule has 1 aromatic rings. The van der Waals surface area contributed by atoms with Crippen LogP contribution >= 0.6 is 0 Å². The highest BCUT2D eigenvalue weighted by Gasteiger charge is 2.37. The number of non-ortho nitro benzene ring substituents is 1. The second kappa shape index (κ2) is 5.05. The number of nitrogens with zero attached hydrogens (tertiary/aromatic N) is 2. The van der Waals surface area contributed by atoms with Gasteiger partial charge < -0.3 is 10.6 Å². The number of fused-ring (bicyclic) bond motifs is 1. The molecule has 5 heteroatoms. The zero-order chi connectivity index (χ0) is 14.3. The molecular formula is C15H21N3O2. The van der Waals surface area contributed by atoms with Crippen LogP contribution in [-0.2, 0) is 0 Å². The molecule has 0 bridgehead atoms. The molecule has 1 unspecified atom stereocenters. The third-order valence-electron chi connectivity index (χ3n) is 4.82. The average molecular weight is 275 g/mol. The van der Waals surface area contributed by atoms with E-state index in [-0.39, 0.29) is 10.6 Å². The van der Waals surface area contributed by atoms with Gasteiger partial charge in [-0.15, -0.1) is 0 Å². The van der Waals surface area contributed by atoms with Crippen molar-refractivity contribution in [1.82, 2.24) is 0 Å². The van der Waals surface area contributed by atoms with E-state index in [2.05, 4.69) is 4.90 Å². The summed E-state index contributed by atoms with van der Waals surface area (Å²) in [6, 6.07) is 5.53. The van der Waals surface area contributed by atoms with Crippen molar-refractivity contribution in [3.63, 3.8) is 0 Å². The van der Waals surface area contributed by atoms with Gasteiger partial charge in [-0.2, -0.15) is 0 Å². The lowest BCUT2D eigenvalue weighted by atomic mass is 9.79. The number of nitro benzene ring substituents is 1. The summed E-state index contributed by atoms with van der Waals surface area (Å²) >= 11 is 0. The lowest BCUT2D eigenvalue weighted by Gasteiger charge is -2.27. The molecule has 0 aromatic heterocycles. The molecule has 0 amide bonds. The van der Waals surface area contributed by atoms with Gasteiger partial charge in [0.1, 0.15) is 0 Å². The van der Waals surface area contributed by atoms with E-state index in [1.807, 2.05) is 13.0 Å². The molecule has 3 rings (SSSR count). The molecule has 108 valence electrons. The fourth-order valence-electron chi connectivity index (χ4n) is 3.77. The quantitative estimate of drug-likeness (QED) is 0.664. The van der Waals surface area contributed by atoms with Crippen molar-refractivity contribution in [3.05, 3.63) is 33.9 Å². The Labute approximate surface area is 118 Å². The van der Waals surface area contributed by atoms with E-state index in [0.29, 0.717) is 12.0 Å². The Morgan fingerprint density at radius 3 is 2.75 bits per heavy atom. The maximum Gasteiger partial charge on any atom is 0.269 e. The van der Waals surface area contributed by atoms with Crippen LogP contribution in [0.1, 0.15) is 24.8 Å². The number of hydrogen-bond acceptors (Lipinski definition) is 4. The number of benzene rings is 1. The predicted octanol–water partition coefficient (Wildman–Crippen LogP) is 2.47. The third kappa shape index (κ3) is 2.38. The minimum atomic E-state index is -0.334. The molecule has 1 aromatic carbocycles. The Balaban J connectivity index is 1.79. The minimum Gasteiger partial charge on any atom is -0.371 e. The zero-order valence-electron chi connectivity index (χ0n) is 11.8. The first-order chi connectivity index (χ1) is 9.54. The van der Waals surface area contributed by atoms with Crippen LogP contribution in [0.25, 0.3) is 0 Å². The third-order valence-corrected chi connectivity index (χ3v) is 4.82. The summed E-state index contributed by atoms with van der Waals surface area (Å²) in [5, 5.41) is 10.8. The Kier molecular flexibility index (Phi) is 3.38. The van der Waals surface area contributed by atoms with Crippen molar-refractivity contribution in [2.24, 2.45) is 17.6 Å². The van der Waals surface area contributed by atoms with Gasteiger partial charge in [-0.25, -0.2) is 0 Å². The van der Waals surface area contributed by atoms with Crippen LogP contribution < -0.4 is 10.6 Å². The standard InChI is InChI=1S/C15H21N3O2/c1-10-6-14(18(19)20)4-5-15(10)17-8-11-2-3-13(16)7-12(11)9-17/h4-6,11-13H,2-3,7-9,16H2,1H3/t11-,12+,13?/m1/s1. The van der Waals surface area contributed by atoms with Crippen LogP contribution in [0.5, 0.6) is 0 Å². The molecule has 5 nitrogen and oxygen atoms in total. The highest BCUT2D eigenvalue weighted by Crippen LogP contribution is 2.39. The summed E-state index contributed by atoms with van der Waals surface area (Å²) in [6.45, 7) is 4.06. The molecule has 1 heterocycles. The van der Waals surface area contributed by atoms with Crippen molar-refractivity contribution < 1.29 is 4.92 Å². The summed E-state index contributed by atoms with van der Waals surface area (Å²) in [5.74, 6) is 1.43. The molecule has 1 aliphatic heterocycles. The van der Waals surface area contributed by atoms with Gasteiger partial charge in [0, 0.05) is 37.0 Å². The normalized spacial score (nSPS) is 29.3. The fraction of sp³-hybridized carbons (Fsp3) is 0.600. The maximum absolute atomic E-state index is 10.8. The SMILES string of the molecule is Cc1cc([N+](=O)[O-])ccc1N1C[C@H]2CCC(N)C[C@H]2C1. The van der Waals surface area contributed by atoms with Crippen LogP contribution in [0.4, 0.5) is 11.4 Å². The van der Waals surface area contributed by atoms with E-state index < -0.39 is 0 Å². The molecule has 1 aliphatic carbocycles. The summed E-state index contributed by atoms with van der Waals surface area (Å²) in [6.07, 6.45) is 3.47. The fourth-order valence-corrected chi connectivity index (χ4v) is 3.77. The van der Waals surface area contributed by atoms with Gasteiger partial charge in [0.15, 0.2) is 0 Å². The number of rotatable bonds is 2. The number of anilines is 1. The van der Waals surface area contributed by atoms with E-state index in [1.54, 1.807) is 12.1 Å². The lowest BCUT2D eigenvalue weighted by molar-refractivity contribution is -0.384. The Hall–Kier alpha value is -1.62. The Morgan fingerprint density at radius 2 is 2.05 bits per heavy atom. The van der Waals surface area contributed by atoms with Gasteiger partial charge in [0.05, 0.1) is 4.92 Å². The predicted molar refractivity (Wildman–Crippen MR) is 78.9 cm³/mol. The first kappa shape index (κ1) is 13.4. The topological polar surface area (TPSA) is 72.4 Å².